The van der Waals surface area contributed by atoms with E-state index in [4.69, 9.17) is 0 Å². The Hall–Kier alpha value is -1.16. The number of aromatic nitrogens is 1. The molecule has 1 heterocycles. The third-order valence-corrected chi connectivity index (χ3v) is 3.22. The summed E-state index contributed by atoms with van der Waals surface area (Å²) in [4.78, 5) is 5.98. The van der Waals surface area contributed by atoms with Gasteiger partial charge in [-0.05, 0) is 32.8 Å². The van der Waals surface area contributed by atoms with Gasteiger partial charge in [-0.15, -0.1) is 0 Å². The first-order chi connectivity index (χ1) is 8.09. The van der Waals surface area contributed by atoms with E-state index in [0.29, 0.717) is 24.0 Å². The van der Waals surface area contributed by atoms with Crippen molar-refractivity contribution in [1.82, 2.24) is 10.3 Å². The predicted octanol–water partition coefficient (Wildman–Crippen LogP) is 2.32. The zero-order valence-electron chi connectivity index (χ0n) is 10.7. The van der Waals surface area contributed by atoms with E-state index in [-0.39, 0.29) is 11.9 Å². The number of rotatable bonds is 5. The standard InChI is InChI=1S/C13H20FN3/c1-9(2)17(3)13-12(14)10(6-7-15-13)8-16-11-4-5-11/h6-7,9,11,16H,4-5,8H2,1-3H3. The topological polar surface area (TPSA) is 28.2 Å². The minimum absolute atomic E-state index is 0.197. The average molecular weight is 237 g/mol. The third kappa shape index (κ3) is 2.94. The zero-order valence-corrected chi connectivity index (χ0v) is 10.7. The van der Waals surface area contributed by atoms with E-state index in [9.17, 15) is 4.39 Å². The van der Waals surface area contributed by atoms with Gasteiger partial charge in [0.1, 0.15) is 0 Å². The first kappa shape index (κ1) is 12.3. The van der Waals surface area contributed by atoms with Gasteiger partial charge in [0.05, 0.1) is 0 Å². The van der Waals surface area contributed by atoms with Crippen LogP contribution in [0.1, 0.15) is 32.3 Å². The normalized spacial score (nSPS) is 15.4. The minimum atomic E-state index is -0.197. The van der Waals surface area contributed by atoms with Crippen LogP contribution in [-0.4, -0.2) is 24.1 Å². The first-order valence-electron chi connectivity index (χ1n) is 6.19. The highest BCUT2D eigenvalue weighted by Gasteiger charge is 2.21. The molecule has 1 aliphatic rings. The highest BCUT2D eigenvalue weighted by molar-refractivity contribution is 5.43. The Morgan fingerprint density at radius 3 is 2.82 bits per heavy atom. The summed E-state index contributed by atoms with van der Waals surface area (Å²) in [5.41, 5.74) is 0.703. The lowest BCUT2D eigenvalue weighted by atomic mass is 10.2. The smallest absolute Gasteiger partial charge is 0.170 e. The van der Waals surface area contributed by atoms with E-state index in [2.05, 4.69) is 10.3 Å². The molecule has 0 spiro atoms. The van der Waals surface area contributed by atoms with Crippen LogP contribution in [0.25, 0.3) is 0 Å². The van der Waals surface area contributed by atoms with Gasteiger partial charge in [0.2, 0.25) is 0 Å². The molecule has 0 atom stereocenters. The van der Waals surface area contributed by atoms with Crippen LogP contribution in [0.2, 0.25) is 0 Å². The highest BCUT2D eigenvalue weighted by atomic mass is 19.1. The second kappa shape index (κ2) is 5.00. The number of hydrogen-bond donors (Lipinski definition) is 1. The SMILES string of the molecule is CC(C)N(C)c1nccc(CNC2CC2)c1F. The second-order valence-corrected chi connectivity index (χ2v) is 4.97. The maximum absolute atomic E-state index is 14.2. The van der Waals surface area contributed by atoms with Crippen molar-refractivity contribution in [3.05, 3.63) is 23.6 Å². The fourth-order valence-electron chi connectivity index (χ4n) is 1.64. The Kier molecular flexibility index (Phi) is 3.62. The van der Waals surface area contributed by atoms with Crippen LogP contribution in [0, 0.1) is 5.82 Å². The van der Waals surface area contributed by atoms with Crippen LogP contribution >= 0.6 is 0 Å². The Morgan fingerprint density at radius 1 is 1.53 bits per heavy atom. The summed E-state index contributed by atoms with van der Waals surface area (Å²) in [6, 6.07) is 2.58. The third-order valence-electron chi connectivity index (χ3n) is 3.22. The van der Waals surface area contributed by atoms with Crippen LogP contribution in [0.3, 0.4) is 0 Å². The fraction of sp³-hybridized carbons (Fsp3) is 0.615. The lowest BCUT2D eigenvalue weighted by Gasteiger charge is -2.23. The van der Waals surface area contributed by atoms with Crippen LogP contribution < -0.4 is 10.2 Å². The van der Waals surface area contributed by atoms with Crippen molar-refractivity contribution in [2.75, 3.05) is 11.9 Å². The Labute approximate surface area is 102 Å². The molecule has 0 radical (unpaired) electrons. The van der Waals surface area contributed by atoms with Gasteiger partial charge in [0.25, 0.3) is 0 Å². The summed E-state index contributed by atoms with van der Waals surface area (Å²) in [6.45, 7) is 4.64. The molecular formula is C13H20FN3. The van der Waals surface area contributed by atoms with E-state index in [1.165, 1.54) is 12.8 Å². The number of halogens is 1. The number of anilines is 1. The van der Waals surface area contributed by atoms with E-state index in [0.717, 1.165) is 0 Å². The summed E-state index contributed by atoms with van der Waals surface area (Å²) in [6.07, 6.45) is 4.11. The maximum atomic E-state index is 14.2. The van der Waals surface area contributed by atoms with Gasteiger partial charge in [0.15, 0.2) is 11.6 Å². The quantitative estimate of drug-likeness (QED) is 0.852. The molecule has 17 heavy (non-hydrogen) atoms. The number of pyridine rings is 1. The van der Waals surface area contributed by atoms with Crippen molar-refractivity contribution in [2.45, 2.75) is 45.3 Å². The van der Waals surface area contributed by atoms with Crippen molar-refractivity contribution < 1.29 is 4.39 Å². The highest BCUT2D eigenvalue weighted by Crippen LogP contribution is 2.22. The molecule has 1 aromatic heterocycles. The largest absolute Gasteiger partial charge is 0.355 e. The zero-order chi connectivity index (χ0) is 12.4. The molecule has 1 N–H and O–H groups in total. The predicted molar refractivity (Wildman–Crippen MR) is 67.6 cm³/mol. The summed E-state index contributed by atoms with van der Waals surface area (Å²) < 4.78 is 14.2. The van der Waals surface area contributed by atoms with Gasteiger partial charge in [-0.3, -0.25) is 0 Å². The van der Waals surface area contributed by atoms with Gasteiger partial charge >= 0.3 is 0 Å². The molecule has 1 aliphatic carbocycles. The molecule has 1 saturated carbocycles. The average Bonchev–Trinajstić information content (AvgIpc) is 3.10. The summed E-state index contributed by atoms with van der Waals surface area (Å²) in [7, 11) is 1.87. The molecule has 0 amide bonds. The van der Waals surface area contributed by atoms with Crippen LogP contribution in [0.4, 0.5) is 10.2 Å². The molecule has 0 saturated heterocycles. The monoisotopic (exact) mass is 237 g/mol. The Bertz CT molecular complexity index is 388. The lowest BCUT2D eigenvalue weighted by Crippen LogP contribution is -2.28. The fourth-order valence-corrected chi connectivity index (χ4v) is 1.64. The molecule has 1 fully saturated rings. The number of nitrogens with zero attached hydrogens (tertiary/aromatic N) is 2. The Morgan fingerprint density at radius 2 is 2.24 bits per heavy atom. The molecule has 0 unspecified atom stereocenters. The van der Waals surface area contributed by atoms with Crippen molar-refractivity contribution in [2.24, 2.45) is 0 Å². The van der Waals surface area contributed by atoms with E-state index in [1.54, 1.807) is 12.3 Å². The van der Waals surface area contributed by atoms with E-state index >= 15 is 0 Å². The van der Waals surface area contributed by atoms with Crippen molar-refractivity contribution >= 4 is 5.82 Å². The maximum Gasteiger partial charge on any atom is 0.170 e. The van der Waals surface area contributed by atoms with Gasteiger partial charge < -0.3 is 10.2 Å². The molecule has 2 rings (SSSR count). The van der Waals surface area contributed by atoms with Crippen molar-refractivity contribution in [3.8, 4) is 0 Å². The molecule has 0 aromatic carbocycles. The molecular weight excluding hydrogens is 217 g/mol. The molecule has 0 bridgehead atoms. The molecule has 3 nitrogen and oxygen atoms in total. The van der Waals surface area contributed by atoms with Crippen LogP contribution in [0.5, 0.6) is 0 Å². The molecule has 94 valence electrons. The van der Waals surface area contributed by atoms with Gasteiger partial charge in [0, 0.05) is 37.4 Å². The van der Waals surface area contributed by atoms with Gasteiger partial charge in [-0.1, -0.05) is 0 Å². The minimum Gasteiger partial charge on any atom is -0.355 e. The summed E-state index contributed by atoms with van der Waals surface area (Å²) in [5.74, 6) is 0.243. The van der Waals surface area contributed by atoms with Crippen LogP contribution in [0.15, 0.2) is 12.3 Å². The summed E-state index contributed by atoms with van der Waals surface area (Å²) >= 11 is 0. The summed E-state index contributed by atoms with van der Waals surface area (Å²) in [5, 5.41) is 3.32. The van der Waals surface area contributed by atoms with E-state index in [1.807, 2.05) is 25.8 Å². The number of hydrogen-bond acceptors (Lipinski definition) is 3. The number of nitrogens with one attached hydrogen (secondary N) is 1. The van der Waals surface area contributed by atoms with Crippen molar-refractivity contribution in [3.63, 3.8) is 0 Å². The second-order valence-electron chi connectivity index (χ2n) is 4.97. The van der Waals surface area contributed by atoms with Crippen LogP contribution in [-0.2, 0) is 6.54 Å². The molecule has 0 aliphatic heterocycles. The lowest BCUT2D eigenvalue weighted by molar-refractivity contribution is 0.571. The molecule has 4 heteroatoms. The Balaban J connectivity index is 2.13. The van der Waals surface area contributed by atoms with Gasteiger partial charge in [-0.2, -0.15) is 0 Å². The first-order valence-corrected chi connectivity index (χ1v) is 6.19. The molecule has 1 aromatic rings. The van der Waals surface area contributed by atoms with Crippen molar-refractivity contribution in [1.29, 1.82) is 0 Å². The van der Waals surface area contributed by atoms with E-state index < -0.39 is 0 Å². The van der Waals surface area contributed by atoms with Gasteiger partial charge in [-0.25, -0.2) is 9.37 Å².